The first-order chi connectivity index (χ1) is 14.3. The molecule has 0 radical (unpaired) electrons. The van der Waals surface area contributed by atoms with Gasteiger partial charge in [-0.05, 0) is 18.4 Å². The van der Waals surface area contributed by atoms with E-state index in [1.807, 2.05) is 20.8 Å². The van der Waals surface area contributed by atoms with E-state index >= 15 is 0 Å². The predicted molar refractivity (Wildman–Crippen MR) is 116 cm³/mol. The van der Waals surface area contributed by atoms with Crippen molar-refractivity contribution in [1.29, 1.82) is 0 Å². The highest BCUT2D eigenvalue weighted by Crippen LogP contribution is 2.26. The third-order valence-corrected chi connectivity index (χ3v) is 4.53. The molecule has 1 aromatic heterocycles. The van der Waals surface area contributed by atoms with Gasteiger partial charge in [-0.1, -0.05) is 39.3 Å². The van der Waals surface area contributed by atoms with Crippen LogP contribution in [0.3, 0.4) is 0 Å². The molecule has 0 aliphatic rings. The number of hydrogen-bond acceptors (Lipinski definition) is 7. The Kier molecular flexibility index (Phi) is 8.02. The summed E-state index contributed by atoms with van der Waals surface area (Å²) in [5.74, 6) is 0.469. The van der Waals surface area contributed by atoms with Gasteiger partial charge >= 0.3 is 11.4 Å². The van der Waals surface area contributed by atoms with Crippen molar-refractivity contribution in [2.24, 2.45) is 5.92 Å². The van der Waals surface area contributed by atoms with Crippen LogP contribution in [0, 0.1) is 16.0 Å². The summed E-state index contributed by atoms with van der Waals surface area (Å²) in [6, 6.07) is 6.11. The number of para-hydroxylation sites is 2. The molecule has 0 saturated carbocycles. The van der Waals surface area contributed by atoms with Gasteiger partial charge in [-0.3, -0.25) is 24.5 Å². The third kappa shape index (κ3) is 5.62. The number of aromatic nitrogens is 2. The number of ether oxygens (including phenoxy) is 1. The second-order valence-electron chi connectivity index (χ2n) is 7.41. The Labute approximate surface area is 174 Å². The van der Waals surface area contributed by atoms with Crippen LogP contribution < -0.4 is 26.6 Å². The molecule has 30 heavy (non-hydrogen) atoms. The Balaban J connectivity index is 2.30. The van der Waals surface area contributed by atoms with Gasteiger partial charge in [0.2, 0.25) is 0 Å². The van der Waals surface area contributed by atoms with Crippen LogP contribution in [-0.2, 0) is 6.54 Å². The van der Waals surface area contributed by atoms with Crippen LogP contribution in [0.15, 0.2) is 33.9 Å². The van der Waals surface area contributed by atoms with Crippen LogP contribution in [0.25, 0.3) is 0 Å². The van der Waals surface area contributed by atoms with Crippen LogP contribution >= 0.6 is 0 Å². The number of H-pyrrole nitrogens is 1. The van der Waals surface area contributed by atoms with Crippen molar-refractivity contribution in [1.82, 2.24) is 9.55 Å². The van der Waals surface area contributed by atoms with Gasteiger partial charge in [-0.15, -0.1) is 0 Å². The Bertz CT molecular complexity index is 982. The normalized spacial score (nSPS) is 10.9. The lowest BCUT2D eigenvalue weighted by Gasteiger charge is -2.27. The molecule has 0 bridgehead atoms. The summed E-state index contributed by atoms with van der Waals surface area (Å²) >= 11 is 0. The largest absolute Gasteiger partial charge is 0.485 e. The number of benzene rings is 1. The fourth-order valence-corrected chi connectivity index (χ4v) is 3.15. The molecule has 0 fully saturated rings. The zero-order chi connectivity index (χ0) is 22.3. The Morgan fingerprint density at radius 2 is 2.00 bits per heavy atom. The number of nitro groups is 1. The zero-order valence-electron chi connectivity index (χ0n) is 17.6. The first kappa shape index (κ1) is 23.0. The number of rotatable bonds is 11. The van der Waals surface area contributed by atoms with Crippen molar-refractivity contribution in [3.05, 3.63) is 55.2 Å². The minimum absolute atomic E-state index is 0.102. The van der Waals surface area contributed by atoms with Crippen LogP contribution in [0.4, 0.5) is 17.2 Å². The summed E-state index contributed by atoms with van der Waals surface area (Å²) in [7, 11) is 0. The smallest absolute Gasteiger partial charge is 0.330 e. The third-order valence-electron chi connectivity index (χ3n) is 4.53. The number of hydrogen-bond donors (Lipinski definition) is 2. The highest BCUT2D eigenvalue weighted by atomic mass is 16.6. The van der Waals surface area contributed by atoms with Crippen molar-refractivity contribution in [2.75, 3.05) is 30.3 Å². The lowest BCUT2D eigenvalue weighted by molar-refractivity contribution is -0.385. The first-order valence-corrected chi connectivity index (χ1v) is 10.00. The van der Waals surface area contributed by atoms with E-state index < -0.39 is 16.2 Å². The van der Waals surface area contributed by atoms with E-state index in [9.17, 15) is 19.7 Å². The summed E-state index contributed by atoms with van der Waals surface area (Å²) < 4.78 is 7.00. The number of unbranched alkanes of at least 4 members (excludes halogenated alkanes) is 1. The molecule has 0 aliphatic heterocycles. The molecule has 164 valence electrons. The van der Waals surface area contributed by atoms with Crippen molar-refractivity contribution in [3.8, 4) is 5.75 Å². The van der Waals surface area contributed by atoms with Crippen molar-refractivity contribution < 1.29 is 9.66 Å². The van der Waals surface area contributed by atoms with E-state index in [1.165, 1.54) is 16.7 Å². The maximum absolute atomic E-state index is 12.6. The van der Waals surface area contributed by atoms with Crippen LogP contribution in [0.1, 0.15) is 33.6 Å². The fraction of sp³-hybridized carbons (Fsp3) is 0.500. The van der Waals surface area contributed by atoms with Gasteiger partial charge in [0, 0.05) is 19.2 Å². The average Bonchev–Trinajstić information content (AvgIpc) is 2.67. The van der Waals surface area contributed by atoms with E-state index in [0.29, 0.717) is 13.1 Å². The van der Waals surface area contributed by atoms with Gasteiger partial charge in [0.25, 0.3) is 5.56 Å². The van der Waals surface area contributed by atoms with Gasteiger partial charge in [0.1, 0.15) is 18.1 Å². The molecule has 2 rings (SSSR count). The van der Waals surface area contributed by atoms with E-state index in [0.717, 1.165) is 12.8 Å². The molecule has 2 aromatic rings. The molecule has 0 amide bonds. The van der Waals surface area contributed by atoms with Crippen LogP contribution in [0.5, 0.6) is 5.75 Å². The first-order valence-electron chi connectivity index (χ1n) is 10.00. The van der Waals surface area contributed by atoms with E-state index in [2.05, 4.69) is 4.98 Å². The van der Waals surface area contributed by atoms with Crippen LogP contribution in [-0.4, -0.2) is 34.2 Å². The number of nitro benzene ring substituents is 1. The summed E-state index contributed by atoms with van der Waals surface area (Å²) in [4.78, 5) is 39.5. The average molecular weight is 419 g/mol. The summed E-state index contributed by atoms with van der Waals surface area (Å²) in [6.07, 6.45) is 1.63. The molecular weight excluding hydrogens is 390 g/mol. The standard InChI is InChI=1S/C20H29N5O5/c1-4-5-10-24-18(21)17(19(26)22-20(24)27)23(13-14(2)3)11-12-30-16-9-7-6-8-15(16)25(28)29/h6-9,14H,4-5,10-13,21H2,1-3H3,(H,22,26,27). The van der Waals surface area contributed by atoms with Crippen molar-refractivity contribution in [3.63, 3.8) is 0 Å². The Morgan fingerprint density at radius 1 is 1.30 bits per heavy atom. The lowest BCUT2D eigenvalue weighted by atomic mass is 10.2. The van der Waals surface area contributed by atoms with Crippen LogP contribution in [0.2, 0.25) is 0 Å². The SMILES string of the molecule is CCCCn1c(N)c(N(CCOc2ccccc2[N+](=O)[O-])CC(C)C)c(=O)[nH]c1=O. The van der Waals surface area contributed by atoms with Gasteiger partial charge < -0.3 is 15.4 Å². The minimum atomic E-state index is -0.559. The predicted octanol–water partition coefficient (Wildman–Crippen LogP) is 2.37. The second-order valence-corrected chi connectivity index (χ2v) is 7.41. The number of nitrogens with one attached hydrogen (secondary N) is 1. The molecule has 10 nitrogen and oxygen atoms in total. The molecular formula is C20H29N5O5. The van der Waals surface area contributed by atoms with Crippen molar-refractivity contribution >= 4 is 17.2 Å². The molecule has 0 saturated heterocycles. The number of nitrogen functional groups attached to an aromatic ring is 1. The topological polar surface area (TPSA) is 136 Å². The van der Waals surface area contributed by atoms with Gasteiger partial charge in [0.05, 0.1) is 11.5 Å². The minimum Gasteiger partial charge on any atom is -0.485 e. The van der Waals surface area contributed by atoms with Gasteiger partial charge in [0.15, 0.2) is 5.75 Å². The number of anilines is 2. The molecule has 0 spiro atoms. The molecule has 0 aliphatic carbocycles. The van der Waals surface area contributed by atoms with Gasteiger partial charge in [-0.25, -0.2) is 4.79 Å². The quantitative estimate of drug-likeness (QED) is 0.421. The molecule has 3 N–H and O–H groups in total. The fourth-order valence-electron chi connectivity index (χ4n) is 3.15. The number of nitrogens with two attached hydrogens (primary N) is 1. The molecule has 0 atom stereocenters. The molecule has 0 unspecified atom stereocenters. The molecule has 1 heterocycles. The van der Waals surface area contributed by atoms with Crippen molar-refractivity contribution in [2.45, 2.75) is 40.2 Å². The Hall–Kier alpha value is -3.30. The zero-order valence-corrected chi connectivity index (χ0v) is 17.6. The summed E-state index contributed by atoms with van der Waals surface area (Å²) in [5, 5.41) is 11.2. The maximum atomic E-state index is 12.6. The lowest BCUT2D eigenvalue weighted by Crippen LogP contribution is -2.41. The molecule has 1 aromatic carbocycles. The van der Waals surface area contributed by atoms with E-state index in [4.69, 9.17) is 10.5 Å². The number of nitrogens with zero attached hydrogens (tertiary/aromatic N) is 3. The molecule has 10 heteroatoms. The van der Waals surface area contributed by atoms with E-state index in [-0.39, 0.29) is 42.0 Å². The summed E-state index contributed by atoms with van der Waals surface area (Å²) in [6.45, 7) is 7.26. The summed E-state index contributed by atoms with van der Waals surface area (Å²) in [5.41, 5.74) is 5.22. The highest BCUT2D eigenvalue weighted by molar-refractivity contribution is 5.62. The Morgan fingerprint density at radius 3 is 2.63 bits per heavy atom. The maximum Gasteiger partial charge on any atom is 0.330 e. The number of aromatic amines is 1. The second kappa shape index (κ2) is 10.5. The highest BCUT2D eigenvalue weighted by Gasteiger charge is 2.20. The monoisotopic (exact) mass is 419 g/mol. The van der Waals surface area contributed by atoms with E-state index in [1.54, 1.807) is 17.0 Å². The van der Waals surface area contributed by atoms with Gasteiger partial charge in [-0.2, -0.15) is 0 Å².